The van der Waals surface area contributed by atoms with Crippen LogP contribution in [0.3, 0.4) is 0 Å². The first-order valence-corrected chi connectivity index (χ1v) is 7.61. The fourth-order valence-electron chi connectivity index (χ4n) is 2.23. The standard InChI is InChI=1S/C14H14BrN3O4/c1-6-2-7(6)13(20)22-5-12(19)16-9-4-11-10(3-8(9)15)17-14(21)18-11/h3-4,6-7H,2,5H2,1H3,(H,16,19)(H2,17,18,21)/t6-,7-/m1/s1. The van der Waals surface area contributed by atoms with Crippen molar-refractivity contribution in [3.63, 3.8) is 0 Å². The Morgan fingerprint density at radius 3 is 2.64 bits per heavy atom. The molecule has 1 aliphatic carbocycles. The van der Waals surface area contributed by atoms with Gasteiger partial charge in [0.05, 0.1) is 22.6 Å². The molecule has 0 unspecified atom stereocenters. The zero-order valence-electron chi connectivity index (χ0n) is 11.7. The minimum Gasteiger partial charge on any atom is -0.455 e. The van der Waals surface area contributed by atoms with Crippen LogP contribution in [-0.2, 0) is 14.3 Å². The SMILES string of the molecule is C[C@@H]1C[C@H]1C(=O)OCC(=O)Nc1cc2[nH]c(=O)[nH]c2cc1Br. The van der Waals surface area contributed by atoms with Gasteiger partial charge in [0.1, 0.15) is 0 Å². The number of rotatable bonds is 4. The number of hydrogen-bond acceptors (Lipinski definition) is 4. The van der Waals surface area contributed by atoms with Crippen molar-refractivity contribution in [2.75, 3.05) is 11.9 Å². The van der Waals surface area contributed by atoms with Crippen molar-refractivity contribution in [3.05, 3.63) is 27.1 Å². The Morgan fingerprint density at radius 2 is 2.00 bits per heavy atom. The molecule has 1 saturated carbocycles. The van der Waals surface area contributed by atoms with Gasteiger partial charge in [-0.15, -0.1) is 0 Å². The van der Waals surface area contributed by atoms with Crippen LogP contribution in [0.1, 0.15) is 13.3 Å². The number of imidazole rings is 1. The average molecular weight is 368 g/mol. The largest absolute Gasteiger partial charge is 0.455 e. The van der Waals surface area contributed by atoms with Crippen LogP contribution in [0.4, 0.5) is 5.69 Å². The first-order valence-electron chi connectivity index (χ1n) is 6.82. The van der Waals surface area contributed by atoms with Crippen LogP contribution in [-0.4, -0.2) is 28.5 Å². The smallest absolute Gasteiger partial charge is 0.323 e. The lowest BCUT2D eigenvalue weighted by atomic mass is 10.2. The molecular formula is C14H14BrN3O4. The number of fused-ring (bicyclic) bond motifs is 1. The maximum Gasteiger partial charge on any atom is 0.323 e. The number of H-pyrrole nitrogens is 2. The summed E-state index contributed by atoms with van der Waals surface area (Å²) in [6.45, 7) is 1.65. The molecule has 1 aromatic carbocycles. The number of amides is 1. The molecule has 8 heteroatoms. The quantitative estimate of drug-likeness (QED) is 0.716. The monoisotopic (exact) mass is 367 g/mol. The van der Waals surface area contributed by atoms with Crippen LogP contribution in [0.5, 0.6) is 0 Å². The van der Waals surface area contributed by atoms with Crippen molar-refractivity contribution in [1.82, 2.24) is 9.97 Å². The van der Waals surface area contributed by atoms with Gasteiger partial charge < -0.3 is 20.0 Å². The molecule has 3 N–H and O–H groups in total. The second-order valence-corrected chi connectivity index (χ2v) is 6.29. The number of carbonyl (C=O) groups excluding carboxylic acids is 2. The third-order valence-corrected chi connectivity index (χ3v) is 4.29. The summed E-state index contributed by atoms with van der Waals surface area (Å²) >= 11 is 3.32. The first kappa shape index (κ1) is 14.8. The fourth-order valence-corrected chi connectivity index (χ4v) is 2.67. The number of anilines is 1. The lowest BCUT2D eigenvalue weighted by molar-refractivity contribution is -0.148. The van der Waals surface area contributed by atoms with E-state index in [4.69, 9.17) is 4.74 Å². The number of aromatic amines is 2. The third kappa shape index (κ3) is 3.06. The van der Waals surface area contributed by atoms with E-state index in [9.17, 15) is 14.4 Å². The van der Waals surface area contributed by atoms with Gasteiger partial charge >= 0.3 is 11.7 Å². The van der Waals surface area contributed by atoms with Crippen LogP contribution in [0.25, 0.3) is 11.0 Å². The van der Waals surface area contributed by atoms with E-state index in [0.717, 1.165) is 6.42 Å². The second-order valence-electron chi connectivity index (χ2n) is 5.43. The van der Waals surface area contributed by atoms with Gasteiger partial charge in [0.15, 0.2) is 6.61 Å². The number of halogens is 1. The second kappa shape index (κ2) is 5.60. The van der Waals surface area contributed by atoms with Crippen molar-refractivity contribution in [3.8, 4) is 0 Å². The molecule has 3 rings (SSSR count). The molecule has 0 aliphatic heterocycles. The summed E-state index contributed by atoms with van der Waals surface area (Å²) in [6.07, 6.45) is 0.823. The van der Waals surface area contributed by atoms with E-state index in [0.29, 0.717) is 27.1 Å². The predicted molar refractivity (Wildman–Crippen MR) is 83.5 cm³/mol. The number of hydrogen-bond donors (Lipinski definition) is 3. The van der Waals surface area contributed by atoms with Crippen LogP contribution < -0.4 is 11.0 Å². The van der Waals surface area contributed by atoms with E-state index < -0.39 is 5.91 Å². The predicted octanol–water partition coefficient (Wildman–Crippen LogP) is 1.76. The van der Waals surface area contributed by atoms with Crippen molar-refractivity contribution in [2.24, 2.45) is 11.8 Å². The number of nitrogens with one attached hydrogen (secondary N) is 3. The van der Waals surface area contributed by atoms with Gasteiger partial charge in [-0.05, 0) is 40.4 Å². The molecule has 1 aromatic heterocycles. The number of carbonyl (C=O) groups is 2. The zero-order chi connectivity index (χ0) is 15.9. The summed E-state index contributed by atoms with van der Waals surface area (Å²) in [6, 6.07) is 3.31. The van der Waals surface area contributed by atoms with Crippen molar-refractivity contribution in [2.45, 2.75) is 13.3 Å². The molecule has 0 saturated heterocycles. The summed E-state index contributed by atoms with van der Waals surface area (Å²) in [7, 11) is 0. The van der Waals surface area contributed by atoms with Crippen molar-refractivity contribution < 1.29 is 14.3 Å². The number of aromatic nitrogens is 2. The molecule has 7 nitrogen and oxygen atoms in total. The highest BCUT2D eigenvalue weighted by Crippen LogP contribution is 2.38. The summed E-state index contributed by atoms with van der Waals surface area (Å²) in [5.74, 6) is -0.481. The molecule has 0 radical (unpaired) electrons. The van der Waals surface area contributed by atoms with E-state index >= 15 is 0 Å². The molecule has 1 aliphatic rings. The molecule has 22 heavy (non-hydrogen) atoms. The van der Waals surface area contributed by atoms with Crippen LogP contribution in [0.2, 0.25) is 0 Å². The van der Waals surface area contributed by atoms with Crippen LogP contribution in [0.15, 0.2) is 21.4 Å². The molecule has 2 aromatic rings. The molecule has 0 spiro atoms. The van der Waals surface area contributed by atoms with Crippen molar-refractivity contribution >= 4 is 44.5 Å². The highest BCUT2D eigenvalue weighted by Gasteiger charge is 2.40. The molecule has 1 heterocycles. The fraction of sp³-hybridized carbons (Fsp3) is 0.357. The molecule has 2 atom stereocenters. The minimum atomic E-state index is -0.431. The highest BCUT2D eigenvalue weighted by molar-refractivity contribution is 9.10. The van der Waals surface area contributed by atoms with E-state index in [-0.39, 0.29) is 24.2 Å². The Labute approximate surface area is 133 Å². The van der Waals surface area contributed by atoms with Gasteiger partial charge in [-0.2, -0.15) is 0 Å². The molecular weight excluding hydrogens is 354 g/mol. The Bertz CT molecular complexity index is 810. The van der Waals surface area contributed by atoms with E-state index in [1.54, 1.807) is 12.1 Å². The van der Waals surface area contributed by atoms with E-state index in [1.165, 1.54) is 0 Å². The molecule has 116 valence electrons. The van der Waals surface area contributed by atoms with Gasteiger partial charge in [0.2, 0.25) is 0 Å². The summed E-state index contributed by atoms with van der Waals surface area (Å²) in [5, 5.41) is 2.64. The summed E-state index contributed by atoms with van der Waals surface area (Å²) in [5.41, 5.74) is 1.37. The molecule has 0 bridgehead atoms. The van der Waals surface area contributed by atoms with Gasteiger partial charge in [0, 0.05) is 4.47 Å². The minimum absolute atomic E-state index is 0.0687. The highest BCUT2D eigenvalue weighted by atomic mass is 79.9. The summed E-state index contributed by atoms with van der Waals surface area (Å²) < 4.78 is 5.59. The average Bonchev–Trinajstić information content (AvgIpc) is 3.07. The molecule has 1 fully saturated rings. The maximum atomic E-state index is 11.8. The Hall–Kier alpha value is -2.09. The molecule has 1 amide bonds. The van der Waals surface area contributed by atoms with Crippen molar-refractivity contribution in [1.29, 1.82) is 0 Å². The number of benzene rings is 1. The lowest BCUT2D eigenvalue weighted by Gasteiger charge is -2.08. The zero-order valence-corrected chi connectivity index (χ0v) is 13.3. The normalized spacial score (nSPS) is 19.9. The van der Waals surface area contributed by atoms with Gasteiger partial charge in [0.25, 0.3) is 5.91 Å². The summed E-state index contributed by atoms with van der Waals surface area (Å²) in [4.78, 5) is 39.9. The maximum absolute atomic E-state index is 11.8. The van der Waals surface area contributed by atoms with Crippen LogP contribution in [0, 0.1) is 11.8 Å². The van der Waals surface area contributed by atoms with Gasteiger partial charge in [-0.25, -0.2) is 4.79 Å². The lowest BCUT2D eigenvalue weighted by Crippen LogP contribution is -2.22. The number of esters is 1. The Kier molecular flexibility index (Phi) is 3.78. The number of ether oxygens (including phenoxy) is 1. The van der Waals surface area contributed by atoms with E-state index in [2.05, 4.69) is 31.2 Å². The van der Waals surface area contributed by atoms with Gasteiger partial charge in [-0.3, -0.25) is 9.59 Å². The van der Waals surface area contributed by atoms with Crippen LogP contribution >= 0.6 is 15.9 Å². The topological polar surface area (TPSA) is 104 Å². The third-order valence-electron chi connectivity index (χ3n) is 3.64. The Balaban J connectivity index is 1.64. The van der Waals surface area contributed by atoms with E-state index in [1.807, 2.05) is 6.92 Å². The van der Waals surface area contributed by atoms with Gasteiger partial charge in [-0.1, -0.05) is 6.92 Å². The first-order chi connectivity index (χ1) is 10.4. The Morgan fingerprint density at radius 1 is 1.36 bits per heavy atom.